The van der Waals surface area contributed by atoms with Crippen molar-refractivity contribution in [1.82, 2.24) is 0 Å². The van der Waals surface area contributed by atoms with E-state index in [1.54, 1.807) is 18.2 Å². The Kier molecular flexibility index (Phi) is 3.66. The monoisotopic (exact) mass is 362 g/mol. The van der Waals surface area contributed by atoms with Gasteiger partial charge in [-0.3, -0.25) is 4.79 Å². The lowest BCUT2D eigenvalue weighted by atomic mass is 9.98. The molecule has 0 bridgehead atoms. The standard InChI is InChI=1S/C16H8BrClO3/c17-10-3-1-9(2-4-10)7-13-15(19)12-8-11(18)5-6-14(12)21-16(13)20/h1-8H/b13-7-. The molecule has 0 aliphatic carbocycles. The maximum atomic E-state index is 12.4. The highest BCUT2D eigenvalue weighted by atomic mass is 79.9. The number of carbonyl (C=O) groups is 2. The number of hydrogen-bond acceptors (Lipinski definition) is 3. The Morgan fingerprint density at radius 1 is 1.05 bits per heavy atom. The molecule has 5 heteroatoms. The number of ketones is 1. The number of hydrogen-bond donors (Lipinski definition) is 0. The van der Waals surface area contributed by atoms with Gasteiger partial charge in [0, 0.05) is 9.50 Å². The SMILES string of the molecule is O=C1Oc2ccc(Cl)cc2C(=O)/C1=C/c1ccc(Br)cc1. The lowest BCUT2D eigenvalue weighted by molar-refractivity contribution is -0.130. The number of fused-ring (bicyclic) bond motifs is 1. The summed E-state index contributed by atoms with van der Waals surface area (Å²) in [5.41, 5.74) is 1.03. The highest BCUT2D eigenvalue weighted by molar-refractivity contribution is 9.10. The Morgan fingerprint density at radius 3 is 2.48 bits per heavy atom. The summed E-state index contributed by atoms with van der Waals surface area (Å²) in [4.78, 5) is 24.4. The average Bonchev–Trinajstić information content (AvgIpc) is 2.46. The van der Waals surface area contributed by atoms with Crippen LogP contribution >= 0.6 is 27.5 Å². The van der Waals surface area contributed by atoms with E-state index in [1.165, 1.54) is 18.2 Å². The molecule has 0 fully saturated rings. The van der Waals surface area contributed by atoms with Gasteiger partial charge in [0.25, 0.3) is 0 Å². The van der Waals surface area contributed by atoms with E-state index in [4.69, 9.17) is 16.3 Å². The fourth-order valence-corrected chi connectivity index (χ4v) is 2.45. The Labute approximate surface area is 134 Å². The van der Waals surface area contributed by atoms with Gasteiger partial charge in [-0.1, -0.05) is 39.7 Å². The smallest absolute Gasteiger partial charge is 0.347 e. The van der Waals surface area contributed by atoms with E-state index in [9.17, 15) is 9.59 Å². The van der Waals surface area contributed by atoms with Gasteiger partial charge in [-0.2, -0.15) is 0 Å². The second-order valence-electron chi connectivity index (χ2n) is 4.47. The molecular formula is C16H8BrClO3. The van der Waals surface area contributed by atoms with E-state index in [2.05, 4.69) is 15.9 Å². The van der Waals surface area contributed by atoms with Gasteiger partial charge in [-0.15, -0.1) is 0 Å². The summed E-state index contributed by atoms with van der Waals surface area (Å²) in [5, 5.41) is 0.419. The third-order valence-electron chi connectivity index (χ3n) is 3.03. The normalized spacial score (nSPS) is 15.8. The zero-order valence-corrected chi connectivity index (χ0v) is 12.9. The summed E-state index contributed by atoms with van der Waals surface area (Å²) in [6.45, 7) is 0. The number of Topliss-reactive ketones (excluding diaryl/α,β-unsaturated/α-hetero) is 1. The summed E-state index contributed by atoms with van der Waals surface area (Å²) >= 11 is 9.22. The number of benzene rings is 2. The van der Waals surface area contributed by atoms with Crippen LogP contribution in [0.5, 0.6) is 5.75 Å². The van der Waals surface area contributed by atoms with Gasteiger partial charge in [-0.25, -0.2) is 4.79 Å². The summed E-state index contributed by atoms with van der Waals surface area (Å²) in [6, 6.07) is 11.8. The summed E-state index contributed by atoms with van der Waals surface area (Å²) < 4.78 is 6.09. The van der Waals surface area contributed by atoms with Gasteiger partial charge in [-0.05, 0) is 42.0 Å². The van der Waals surface area contributed by atoms with Crippen LogP contribution in [0.4, 0.5) is 0 Å². The summed E-state index contributed by atoms with van der Waals surface area (Å²) in [7, 11) is 0. The average molecular weight is 364 g/mol. The minimum atomic E-state index is -0.655. The van der Waals surface area contributed by atoms with Crippen molar-refractivity contribution in [1.29, 1.82) is 0 Å². The van der Waals surface area contributed by atoms with Gasteiger partial charge in [0.15, 0.2) is 0 Å². The number of rotatable bonds is 1. The fourth-order valence-electron chi connectivity index (χ4n) is 2.01. The van der Waals surface area contributed by atoms with E-state index in [1.807, 2.05) is 12.1 Å². The largest absolute Gasteiger partial charge is 0.422 e. The van der Waals surface area contributed by atoms with Gasteiger partial charge in [0.1, 0.15) is 11.3 Å². The van der Waals surface area contributed by atoms with Crippen molar-refractivity contribution in [2.24, 2.45) is 0 Å². The van der Waals surface area contributed by atoms with Crippen LogP contribution in [0.25, 0.3) is 6.08 Å². The van der Waals surface area contributed by atoms with Gasteiger partial charge in [0.2, 0.25) is 5.78 Å². The molecule has 0 unspecified atom stereocenters. The highest BCUT2D eigenvalue weighted by Crippen LogP contribution is 2.31. The van der Waals surface area contributed by atoms with Crippen molar-refractivity contribution in [2.75, 3.05) is 0 Å². The van der Waals surface area contributed by atoms with Crippen molar-refractivity contribution in [3.05, 3.63) is 68.7 Å². The van der Waals surface area contributed by atoms with Crippen molar-refractivity contribution in [3.8, 4) is 5.75 Å². The third-order valence-corrected chi connectivity index (χ3v) is 3.80. The fraction of sp³-hybridized carbons (Fsp3) is 0. The molecule has 0 atom stereocenters. The lowest BCUT2D eigenvalue weighted by Crippen LogP contribution is -2.25. The molecule has 0 N–H and O–H groups in total. The van der Waals surface area contributed by atoms with Gasteiger partial charge < -0.3 is 4.74 Å². The molecule has 3 nitrogen and oxygen atoms in total. The third kappa shape index (κ3) is 2.77. The van der Waals surface area contributed by atoms with Gasteiger partial charge >= 0.3 is 5.97 Å². The van der Waals surface area contributed by atoms with E-state index < -0.39 is 5.97 Å². The second kappa shape index (κ2) is 5.47. The van der Waals surface area contributed by atoms with Crippen LogP contribution < -0.4 is 4.74 Å². The van der Waals surface area contributed by atoms with Crippen LogP contribution in [-0.2, 0) is 4.79 Å². The maximum absolute atomic E-state index is 12.4. The molecule has 0 spiro atoms. The van der Waals surface area contributed by atoms with Crippen LogP contribution in [0.3, 0.4) is 0 Å². The summed E-state index contributed by atoms with van der Waals surface area (Å²) in [5.74, 6) is -0.799. The number of carbonyl (C=O) groups excluding carboxylic acids is 2. The molecule has 0 amide bonds. The van der Waals surface area contributed by atoms with Crippen molar-refractivity contribution in [2.45, 2.75) is 0 Å². The maximum Gasteiger partial charge on any atom is 0.347 e. The molecule has 0 radical (unpaired) electrons. The second-order valence-corrected chi connectivity index (χ2v) is 5.82. The predicted molar refractivity (Wildman–Crippen MR) is 83.5 cm³/mol. The quantitative estimate of drug-likeness (QED) is 0.328. The molecule has 2 aromatic carbocycles. The molecule has 2 aromatic rings. The van der Waals surface area contributed by atoms with Crippen LogP contribution in [0.2, 0.25) is 5.02 Å². The zero-order chi connectivity index (χ0) is 15.0. The Balaban J connectivity index is 2.06. The Hall–Kier alpha value is -1.91. The topological polar surface area (TPSA) is 43.4 Å². The molecule has 104 valence electrons. The van der Waals surface area contributed by atoms with E-state index in [0.717, 1.165) is 10.0 Å². The molecular weight excluding hydrogens is 356 g/mol. The Bertz CT molecular complexity index is 779. The molecule has 0 aromatic heterocycles. The van der Waals surface area contributed by atoms with E-state index in [-0.39, 0.29) is 17.1 Å². The van der Waals surface area contributed by atoms with Crippen LogP contribution in [0, 0.1) is 0 Å². The molecule has 1 heterocycles. The first-order valence-electron chi connectivity index (χ1n) is 6.08. The van der Waals surface area contributed by atoms with Crippen molar-refractivity contribution in [3.63, 3.8) is 0 Å². The number of halogens is 2. The van der Waals surface area contributed by atoms with Gasteiger partial charge in [0.05, 0.1) is 5.56 Å². The van der Waals surface area contributed by atoms with Crippen molar-refractivity contribution < 1.29 is 14.3 Å². The first kappa shape index (κ1) is 14.0. The minimum absolute atomic E-state index is 0.00732. The van der Waals surface area contributed by atoms with Crippen LogP contribution in [0.15, 0.2) is 52.5 Å². The first-order chi connectivity index (χ1) is 10.0. The molecule has 1 aliphatic rings. The minimum Gasteiger partial charge on any atom is -0.422 e. The summed E-state index contributed by atoms with van der Waals surface area (Å²) in [6.07, 6.45) is 1.51. The zero-order valence-electron chi connectivity index (χ0n) is 10.6. The molecule has 0 saturated heterocycles. The lowest BCUT2D eigenvalue weighted by Gasteiger charge is -2.16. The van der Waals surface area contributed by atoms with E-state index >= 15 is 0 Å². The molecule has 1 aliphatic heterocycles. The van der Waals surface area contributed by atoms with E-state index in [0.29, 0.717) is 10.6 Å². The number of esters is 1. The highest BCUT2D eigenvalue weighted by Gasteiger charge is 2.30. The first-order valence-corrected chi connectivity index (χ1v) is 7.25. The van der Waals surface area contributed by atoms with Crippen LogP contribution in [0.1, 0.15) is 15.9 Å². The predicted octanol–water partition coefficient (Wildman–Crippen LogP) is 4.29. The Morgan fingerprint density at radius 2 is 1.76 bits per heavy atom. The van der Waals surface area contributed by atoms with Crippen LogP contribution in [-0.4, -0.2) is 11.8 Å². The molecule has 3 rings (SSSR count). The van der Waals surface area contributed by atoms with Crippen molar-refractivity contribution >= 4 is 45.4 Å². The molecule has 0 saturated carbocycles. The number of ether oxygens (including phenoxy) is 1. The molecule has 21 heavy (non-hydrogen) atoms.